The van der Waals surface area contributed by atoms with Gasteiger partial charge in [0.15, 0.2) is 0 Å². The van der Waals surface area contributed by atoms with E-state index in [4.69, 9.17) is 10.5 Å². The minimum absolute atomic E-state index is 0.0860. The molecule has 0 fully saturated rings. The number of hydrogen-bond acceptors (Lipinski definition) is 2. The number of hydrogen-bond donors (Lipinski definition) is 2. The summed E-state index contributed by atoms with van der Waals surface area (Å²) in [6.45, 7) is 0.770. The monoisotopic (exact) mass is 217 g/mol. The van der Waals surface area contributed by atoms with Crippen LogP contribution in [-0.4, -0.2) is 18.7 Å². The summed E-state index contributed by atoms with van der Waals surface area (Å²) in [5, 5.41) is 1.10. The number of H-pyrrole nitrogens is 1. The molecule has 1 aromatic carbocycles. The zero-order valence-corrected chi connectivity index (χ0v) is 9.49. The molecule has 1 radical (unpaired) electrons. The second kappa shape index (κ2) is 5.14. The molecule has 1 aromatic heterocycles. The molecule has 3 nitrogen and oxygen atoms in total. The van der Waals surface area contributed by atoms with Crippen molar-refractivity contribution in [1.82, 2.24) is 4.98 Å². The second-order valence-electron chi connectivity index (χ2n) is 3.98. The molecule has 0 aliphatic rings. The topological polar surface area (TPSA) is 51.0 Å². The fourth-order valence-electron chi connectivity index (χ4n) is 1.84. The molecular formula is C13H17N2O. The van der Waals surface area contributed by atoms with Gasteiger partial charge in [-0.3, -0.25) is 0 Å². The van der Waals surface area contributed by atoms with Crippen LogP contribution in [0.2, 0.25) is 0 Å². The number of benzene rings is 1. The van der Waals surface area contributed by atoms with Crippen molar-refractivity contribution < 1.29 is 4.74 Å². The lowest BCUT2D eigenvalue weighted by atomic mass is 10.0. The summed E-state index contributed by atoms with van der Waals surface area (Å²) in [5.41, 5.74) is 8.38. The molecule has 0 amide bonds. The molecule has 3 N–H and O–H groups in total. The largest absolute Gasteiger partial charge is 0.385 e. The highest BCUT2D eigenvalue weighted by molar-refractivity contribution is 5.79. The van der Waals surface area contributed by atoms with Crippen molar-refractivity contribution in [3.8, 4) is 0 Å². The summed E-state index contributed by atoms with van der Waals surface area (Å²) in [7, 11) is 1.71. The van der Waals surface area contributed by atoms with E-state index in [1.165, 1.54) is 5.56 Å². The first kappa shape index (κ1) is 11.2. The van der Waals surface area contributed by atoms with Gasteiger partial charge in [0, 0.05) is 42.9 Å². The van der Waals surface area contributed by atoms with Gasteiger partial charge in [0.2, 0.25) is 0 Å². The van der Waals surface area contributed by atoms with Gasteiger partial charge in [0.05, 0.1) is 0 Å². The first-order valence-electron chi connectivity index (χ1n) is 5.54. The Labute approximate surface area is 95.6 Å². The first-order chi connectivity index (χ1) is 7.81. The first-order valence-corrected chi connectivity index (χ1v) is 5.54. The van der Waals surface area contributed by atoms with Crippen LogP contribution in [-0.2, 0) is 4.74 Å². The highest BCUT2D eigenvalue weighted by Gasteiger charge is 2.06. The van der Waals surface area contributed by atoms with Crippen LogP contribution in [0.5, 0.6) is 0 Å². The molecule has 0 saturated carbocycles. The van der Waals surface area contributed by atoms with Gasteiger partial charge in [-0.15, -0.1) is 0 Å². The average Bonchev–Trinajstić information content (AvgIpc) is 2.76. The maximum absolute atomic E-state index is 6.12. The molecule has 1 atom stereocenters. The number of nitrogens with two attached hydrogens (primary N) is 1. The van der Waals surface area contributed by atoms with Crippen molar-refractivity contribution in [1.29, 1.82) is 0 Å². The number of nitrogens with one attached hydrogen (secondary N) is 1. The van der Waals surface area contributed by atoms with E-state index in [1.807, 2.05) is 6.20 Å². The molecule has 0 aliphatic carbocycles. The van der Waals surface area contributed by atoms with Crippen LogP contribution in [0.3, 0.4) is 0 Å². The van der Waals surface area contributed by atoms with Gasteiger partial charge in [-0.05, 0) is 24.5 Å². The summed E-state index contributed by atoms with van der Waals surface area (Å²) >= 11 is 0. The van der Waals surface area contributed by atoms with Gasteiger partial charge in [-0.25, -0.2) is 0 Å². The molecule has 1 heterocycles. The Kier molecular flexibility index (Phi) is 3.59. The average molecular weight is 217 g/mol. The van der Waals surface area contributed by atoms with Crippen molar-refractivity contribution in [2.24, 2.45) is 5.73 Å². The summed E-state index contributed by atoms with van der Waals surface area (Å²) in [6, 6.07) is 9.43. The number of aromatic nitrogens is 1. The van der Waals surface area contributed by atoms with E-state index in [1.54, 1.807) is 7.11 Å². The van der Waals surface area contributed by atoms with Gasteiger partial charge in [-0.2, -0.15) is 0 Å². The van der Waals surface area contributed by atoms with E-state index in [-0.39, 0.29) is 6.04 Å². The van der Waals surface area contributed by atoms with Gasteiger partial charge in [0.25, 0.3) is 0 Å². The number of rotatable bonds is 5. The lowest BCUT2D eigenvalue weighted by Gasteiger charge is -2.11. The molecule has 0 spiro atoms. The predicted octanol–water partition coefficient (Wildman–Crippen LogP) is 2.39. The van der Waals surface area contributed by atoms with Crippen LogP contribution >= 0.6 is 0 Å². The molecule has 85 valence electrons. The molecule has 0 bridgehead atoms. The van der Waals surface area contributed by atoms with E-state index >= 15 is 0 Å². The SMILES string of the molecule is COCCCC(N)c1ccc2[c]c[nH]c2c1. The van der Waals surface area contributed by atoms with E-state index < -0.39 is 0 Å². The minimum Gasteiger partial charge on any atom is -0.385 e. The third-order valence-corrected chi connectivity index (χ3v) is 2.79. The van der Waals surface area contributed by atoms with Crippen molar-refractivity contribution in [2.45, 2.75) is 18.9 Å². The Hall–Kier alpha value is -1.32. The van der Waals surface area contributed by atoms with Crippen molar-refractivity contribution >= 4 is 10.9 Å². The summed E-state index contributed by atoms with van der Waals surface area (Å²) < 4.78 is 5.02. The van der Waals surface area contributed by atoms with Crippen LogP contribution in [0.1, 0.15) is 24.4 Å². The Morgan fingerprint density at radius 2 is 2.38 bits per heavy atom. The van der Waals surface area contributed by atoms with E-state index in [0.29, 0.717) is 0 Å². The number of methoxy groups -OCH3 is 1. The Balaban J connectivity index is 2.07. The summed E-state index contributed by atoms with van der Waals surface area (Å²) in [6.07, 6.45) is 3.77. The molecular weight excluding hydrogens is 200 g/mol. The van der Waals surface area contributed by atoms with Crippen LogP contribution < -0.4 is 5.73 Å². The van der Waals surface area contributed by atoms with Crippen LogP contribution in [0.25, 0.3) is 10.9 Å². The number of aromatic amines is 1. The standard InChI is InChI=1S/C13H17N2O/c1-16-8-2-3-12(14)11-5-4-10-6-7-15-13(10)9-11/h4-5,7,9,12,15H,2-3,8,14H2,1H3. The minimum atomic E-state index is 0.0860. The van der Waals surface area contributed by atoms with Crippen LogP contribution in [0.15, 0.2) is 24.4 Å². The molecule has 2 aromatic rings. The zero-order chi connectivity index (χ0) is 11.4. The van der Waals surface area contributed by atoms with Crippen molar-refractivity contribution in [2.75, 3.05) is 13.7 Å². The van der Waals surface area contributed by atoms with E-state index in [9.17, 15) is 0 Å². The molecule has 1 unspecified atom stereocenters. The fraction of sp³-hybridized carbons (Fsp3) is 0.385. The predicted molar refractivity (Wildman–Crippen MR) is 65.2 cm³/mol. The van der Waals surface area contributed by atoms with Gasteiger partial charge in [0.1, 0.15) is 0 Å². The van der Waals surface area contributed by atoms with E-state index in [0.717, 1.165) is 30.4 Å². The summed E-state index contributed by atoms with van der Waals surface area (Å²) in [5.74, 6) is 0. The smallest absolute Gasteiger partial charge is 0.0463 e. The quantitative estimate of drug-likeness (QED) is 0.755. The normalized spacial score (nSPS) is 13.1. The number of ether oxygens (including phenoxy) is 1. The second-order valence-corrected chi connectivity index (χ2v) is 3.98. The van der Waals surface area contributed by atoms with Crippen molar-refractivity contribution in [3.63, 3.8) is 0 Å². The van der Waals surface area contributed by atoms with Crippen LogP contribution in [0.4, 0.5) is 0 Å². The number of fused-ring (bicyclic) bond motifs is 1. The third kappa shape index (κ3) is 2.43. The van der Waals surface area contributed by atoms with Crippen molar-refractivity contribution in [3.05, 3.63) is 36.0 Å². The molecule has 3 heteroatoms. The summed E-state index contributed by atoms with van der Waals surface area (Å²) in [4.78, 5) is 3.15. The molecule has 16 heavy (non-hydrogen) atoms. The van der Waals surface area contributed by atoms with Gasteiger partial charge < -0.3 is 15.5 Å². The maximum atomic E-state index is 6.12. The van der Waals surface area contributed by atoms with Gasteiger partial charge >= 0.3 is 0 Å². The highest BCUT2D eigenvalue weighted by atomic mass is 16.5. The van der Waals surface area contributed by atoms with Crippen LogP contribution in [0, 0.1) is 6.07 Å². The maximum Gasteiger partial charge on any atom is 0.0463 e. The third-order valence-electron chi connectivity index (χ3n) is 2.79. The Bertz CT molecular complexity index is 450. The Morgan fingerprint density at radius 3 is 3.19 bits per heavy atom. The highest BCUT2D eigenvalue weighted by Crippen LogP contribution is 2.20. The molecule has 2 rings (SSSR count). The zero-order valence-electron chi connectivity index (χ0n) is 9.49. The molecule has 0 saturated heterocycles. The van der Waals surface area contributed by atoms with E-state index in [2.05, 4.69) is 29.2 Å². The lowest BCUT2D eigenvalue weighted by molar-refractivity contribution is 0.190. The fourth-order valence-corrected chi connectivity index (χ4v) is 1.84. The lowest BCUT2D eigenvalue weighted by Crippen LogP contribution is -2.10. The molecule has 0 aliphatic heterocycles. The van der Waals surface area contributed by atoms with Gasteiger partial charge in [-0.1, -0.05) is 12.1 Å². The Morgan fingerprint density at radius 1 is 1.50 bits per heavy atom.